The van der Waals surface area contributed by atoms with Crippen LogP contribution in [0, 0.1) is 13.8 Å². The van der Waals surface area contributed by atoms with Gasteiger partial charge in [0, 0.05) is 22.6 Å². The summed E-state index contributed by atoms with van der Waals surface area (Å²) in [6.07, 6.45) is 2.62. The molecule has 4 rings (SSSR count). The molecule has 0 aliphatic rings. The van der Waals surface area contributed by atoms with E-state index >= 15 is 0 Å². The Kier molecular flexibility index (Phi) is 6.75. The average molecular weight is 452 g/mol. The number of aromatic nitrogens is 1. The van der Waals surface area contributed by atoms with Crippen molar-refractivity contribution in [3.05, 3.63) is 125 Å². The van der Waals surface area contributed by atoms with Crippen molar-refractivity contribution in [2.24, 2.45) is 5.10 Å². The summed E-state index contributed by atoms with van der Waals surface area (Å²) in [5.41, 5.74) is 6.98. The van der Waals surface area contributed by atoms with Crippen LogP contribution >= 0.6 is 0 Å². The number of aryl methyl sites for hydroxylation is 2. The summed E-state index contributed by atoms with van der Waals surface area (Å²) in [4.78, 5) is 13.2. The standard InChI is InChI=1S/C29H29N3O2/c1-4-23-15-17-27(18-16-23)32-21(2)19-24(22(32)3)20-30-31-28(33)29(34,25-11-7-5-8-12-25)26-13-9-6-10-14-26/h5-20,34H,4H2,1-3H3,(H,31,33)/b30-20+. The molecule has 0 radical (unpaired) electrons. The van der Waals surface area contributed by atoms with Gasteiger partial charge in [0.15, 0.2) is 5.60 Å². The molecule has 0 atom stereocenters. The molecule has 1 heterocycles. The lowest BCUT2D eigenvalue weighted by atomic mass is 9.85. The number of hydrazone groups is 1. The van der Waals surface area contributed by atoms with Gasteiger partial charge < -0.3 is 9.67 Å². The second-order valence-corrected chi connectivity index (χ2v) is 8.32. The van der Waals surface area contributed by atoms with Gasteiger partial charge in [0.2, 0.25) is 0 Å². The highest BCUT2D eigenvalue weighted by atomic mass is 16.3. The third-order valence-electron chi connectivity index (χ3n) is 6.15. The van der Waals surface area contributed by atoms with Crippen LogP contribution in [0.4, 0.5) is 0 Å². The number of carbonyl (C=O) groups is 1. The molecule has 0 saturated heterocycles. The number of benzene rings is 3. The summed E-state index contributed by atoms with van der Waals surface area (Å²) in [5, 5.41) is 15.7. The number of hydrogen-bond donors (Lipinski definition) is 2. The Morgan fingerprint density at radius 1 is 0.941 bits per heavy atom. The maximum atomic E-state index is 13.2. The van der Waals surface area contributed by atoms with Crippen LogP contribution in [0.1, 0.15) is 40.6 Å². The van der Waals surface area contributed by atoms with E-state index in [1.807, 2.05) is 32.0 Å². The number of nitrogens with zero attached hydrogens (tertiary/aromatic N) is 2. The van der Waals surface area contributed by atoms with E-state index in [0.717, 1.165) is 29.1 Å². The summed E-state index contributed by atoms with van der Waals surface area (Å²) in [7, 11) is 0. The summed E-state index contributed by atoms with van der Waals surface area (Å²) in [6.45, 7) is 6.20. The molecule has 34 heavy (non-hydrogen) atoms. The molecule has 0 fully saturated rings. The zero-order valence-electron chi connectivity index (χ0n) is 19.7. The van der Waals surface area contributed by atoms with Crippen LogP contribution in [-0.2, 0) is 16.8 Å². The van der Waals surface area contributed by atoms with E-state index in [0.29, 0.717) is 11.1 Å². The normalized spacial score (nSPS) is 11.6. The molecule has 1 aromatic heterocycles. The van der Waals surface area contributed by atoms with Crippen molar-refractivity contribution in [1.82, 2.24) is 9.99 Å². The van der Waals surface area contributed by atoms with Crippen LogP contribution in [0.15, 0.2) is 96.1 Å². The number of amides is 1. The van der Waals surface area contributed by atoms with Crippen LogP contribution in [-0.4, -0.2) is 21.8 Å². The van der Waals surface area contributed by atoms with Crippen molar-refractivity contribution in [3.8, 4) is 5.69 Å². The fourth-order valence-corrected chi connectivity index (χ4v) is 4.23. The number of aliphatic hydroxyl groups is 1. The Labute approximate surface area is 200 Å². The molecule has 172 valence electrons. The average Bonchev–Trinajstić information content (AvgIpc) is 3.17. The fraction of sp³-hybridized carbons (Fsp3) is 0.172. The zero-order valence-corrected chi connectivity index (χ0v) is 19.7. The molecule has 0 spiro atoms. The van der Waals surface area contributed by atoms with Crippen LogP contribution in [0.3, 0.4) is 0 Å². The molecule has 3 aromatic carbocycles. The van der Waals surface area contributed by atoms with E-state index in [1.165, 1.54) is 5.56 Å². The van der Waals surface area contributed by atoms with Gasteiger partial charge in [0.05, 0.1) is 6.21 Å². The molecule has 2 N–H and O–H groups in total. The van der Waals surface area contributed by atoms with Crippen molar-refractivity contribution in [2.45, 2.75) is 32.8 Å². The quantitative estimate of drug-likeness (QED) is 0.305. The van der Waals surface area contributed by atoms with Gasteiger partial charge in [-0.25, -0.2) is 5.43 Å². The maximum Gasteiger partial charge on any atom is 0.281 e. The van der Waals surface area contributed by atoms with E-state index < -0.39 is 11.5 Å². The van der Waals surface area contributed by atoms with E-state index in [4.69, 9.17) is 0 Å². The third kappa shape index (κ3) is 4.43. The fourth-order valence-electron chi connectivity index (χ4n) is 4.23. The van der Waals surface area contributed by atoms with E-state index in [-0.39, 0.29) is 0 Å². The Morgan fingerprint density at radius 3 is 2.03 bits per heavy atom. The summed E-state index contributed by atoms with van der Waals surface area (Å²) < 4.78 is 2.16. The van der Waals surface area contributed by atoms with Gasteiger partial charge in [-0.05, 0) is 55.2 Å². The van der Waals surface area contributed by atoms with Gasteiger partial charge in [-0.1, -0.05) is 79.7 Å². The topological polar surface area (TPSA) is 66.6 Å². The van der Waals surface area contributed by atoms with Gasteiger partial charge in [0.25, 0.3) is 5.91 Å². The minimum Gasteiger partial charge on any atom is -0.372 e. The van der Waals surface area contributed by atoms with Crippen molar-refractivity contribution in [2.75, 3.05) is 0 Å². The van der Waals surface area contributed by atoms with Gasteiger partial charge >= 0.3 is 0 Å². The van der Waals surface area contributed by atoms with Gasteiger partial charge in [-0.2, -0.15) is 5.10 Å². The first-order valence-corrected chi connectivity index (χ1v) is 11.4. The first kappa shape index (κ1) is 23.2. The number of hydrogen-bond acceptors (Lipinski definition) is 3. The minimum absolute atomic E-state index is 0.475. The Morgan fingerprint density at radius 2 is 1.50 bits per heavy atom. The maximum absolute atomic E-state index is 13.2. The largest absolute Gasteiger partial charge is 0.372 e. The molecule has 5 heteroatoms. The number of nitrogens with one attached hydrogen (secondary N) is 1. The molecule has 0 aliphatic heterocycles. The lowest BCUT2D eigenvalue weighted by Crippen LogP contribution is -2.43. The summed E-state index contributed by atoms with van der Waals surface area (Å²) in [5.74, 6) is -0.620. The highest BCUT2D eigenvalue weighted by Crippen LogP contribution is 2.30. The van der Waals surface area contributed by atoms with Crippen LogP contribution in [0.25, 0.3) is 5.69 Å². The van der Waals surface area contributed by atoms with Crippen molar-refractivity contribution in [3.63, 3.8) is 0 Å². The Hall–Kier alpha value is -3.96. The van der Waals surface area contributed by atoms with E-state index in [1.54, 1.807) is 54.7 Å². The smallest absolute Gasteiger partial charge is 0.281 e. The van der Waals surface area contributed by atoms with Crippen molar-refractivity contribution in [1.29, 1.82) is 0 Å². The SMILES string of the molecule is CCc1ccc(-n2c(C)cc(/C=N/NC(=O)C(O)(c3ccccc3)c3ccccc3)c2C)cc1. The number of rotatable bonds is 7. The molecular formula is C29H29N3O2. The van der Waals surface area contributed by atoms with Gasteiger partial charge in [0.1, 0.15) is 0 Å². The predicted molar refractivity (Wildman–Crippen MR) is 136 cm³/mol. The molecule has 0 bridgehead atoms. The van der Waals surface area contributed by atoms with Gasteiger partial charge in [-0.3, -0.25) is 4.79 Å². The minimum atomic E-state index is -1.86. The Bertz CT molecular complexity index is 1250. The highest BCUT2D eigenvalue weighted by Gasteiger charge is 2.39. The molecular weight excluding hydrogens is 422 g/mol. The monoisotopic (exact) mass is 451 g/mol. The molecule has 4 aromatic rings. The van der Waals surface area contributed by atoms with Crippen LogP contribution in [0.5, 0.6) is 0 Å². The molecule has 5 nitrogen and oxygen atoms in total. The van der Waals surface area contributed by atoms with Crippen molar-refractivity contribution < 1.29 is 9.90 Å². The van der Waals surface area contributed by atoms with E-state index in [9.17, 15) is 9.90 Å². The predicted octanol–water partition coefficient (Wildman–Crippen LogP) is 5.04. The summed E-state index contributed by atoms with van der Waals surface area (Å²) >= 11 is 0. The van der Waals surface area contributed by atoms with Crippen molar-refractivity contribution >= 4 is 12.1 Å². The second kappa shape index (κ2) is 9.89. The summed E-state index contributed by atoms with van der Waals surface area (Å²) in [6, 6.07) is 28.3. The Balaban J connectivity index is 1.59. The lowest BCUT2D eigenvalue weighted by molar-refractivity contribution is -0.136. The molecule has 0 aliphatic carbocycles. The molecule has 0 unspecified atom stereocenters. The first-order chi connectivity index (χ1) is 16.4. The molecule has 0 saturated carbocycles. The number of carbonyl (C=O) groups excluding carboxylic acids is 1. The zero-order chi connectivity index (χ0) is 24.1. The van der Waals surface area contributed by atoms with Crippen LogP contribution in [0.2, 0.25) is 0 Å². The van der Waals surface area contributed by atoms with Gasteiger partial charge in [-0.15, -0.1) is 0 Å². The first-order valence-electron chi connectivity index (χ1n) is 11.4. The lowest BCUT2D eigenvalue weighted by Gasteiger charge is -2.27. The van der Waals surface area contributed by atoms with E-state index in [2.05, 4.69) is 46.3 Å². The molecule has 1 amide bonds. The highest BCUT2D eigenvalue weighted by molar-refractivity contribution is 5.91. The third-order valence-corrected chi connectivity index (χ3v) is 6.15. The second-order valence-electron chi connectivity index (χ2n) is 8.32. The van der Waals surface area contributed by atoms with Crippen LogP contribution < -0.4 is 5.43 Å².